The van der Waals surface area contributed by atoms with Crippen LogP contribution in [0.25, 0.3) is 0 Å². The zero-order valence-electron chi connectivity index (χ0n) is 17.1. The van der Waals surface area contributed by atoms with E-state index in [2.05, 4.69) is 68.1 Å². The van der Waals surface area contributed by atoms with E-state index >= 15 is 0 Å². The van der Waals surface area contributed by atoms with Crippen LogP contribution in [-0.2, 0) is 4.79 Å². The lowest BCUT2D eigenvalue weighted by Gasteiger charge is -2.25. The Balaban J connectivity index is 1.67. The molecule has 1 fully saturated rings. The molecule has 2 aromatic carbocycles. The number of likely N-dealkylation sites (tertiary alicyclic amines) is 1. The summed E-state index contributed by atoms with van der Waals surface area (Å²) in [6, 6.07) is 14.9. The summed E-state index contributed by atoms with van der Waals surface area (Å²) in [6.07, 6.45) is 3.14. The van der Waals surface area contributed by atoms with Crippen LogP contribution < -0.4 is 0 Å². The van der Waals surface area contributed by atoms with E-state index in [1.807, 2.05) is 0 Å². The minimum Gasteiger partial charge on any atom is -0.294 e. The number of rotatable bonds is 4. The Kier molecular flexibility index (Phi) is 5.31. The molecule has 2 aliphatic heterocycles. The van der Waals surface area contributed by atoms with Crippen LogP contribution in [0.2, 0.25) is 0 Å². The quantitative estimate of drug-likeness (QED) is 0.795. The number of hydrogen-bond donors (Lipinski definition) is 0. The fourth-order valence-corrected chi connectivity index (χ4v) is 4.30. The van der Waals surface area contributed by atoms with Gasteiger partial charge in [-0.1, -0.05) is 53.6 Å². The van der Waals surface area contributed by atoms with Crippen LogP contribution in [0, 0.1) is 20.8 Å². The van der Waals surface area contributed by atoms with Crippen LogP contribution in [0.1, 0.15) is 53.1 Å². The highest BCUT2D eigenvalue weighted by molar-refractivity contribution is 6.03. The van der Waals surface area contributed by atoms with Gasteiger partial charge in [-0.15, -0.1) is 0 Å². The summed E-state index contributed by atoms with van der Waals surface area (Å²) in [5.41, 5.74) is 6.98. The van der Waals surface area contributed by atoms with E-state index in [1.165, 1.54) is 35.1 Å². The lowest BCUT2D eigenvalue weighted by atomic mass is 9.93. The fourth-order valence-electron chi connectivity index (χ4n) is 4.30. The van der Waals surface area contributed by atoms with E-state index in [1.54, 1.807) is 5.01 Å². The summed E-state index contributed by atoms with van der Waals surface area (Å²) < 4.78 is 0. The molecule has 1 unspecified atom stereocenters. The van der Waals surface area contributed by atoms with E-state index < -0.39 is 0 Å². The number of nitrogens with zero attached hydrogens (tertiary/aromatic N) is 3. The summed E-state index contributed by atoms with van der Waals surface area (Å²) >= 11 is 0. The molecule has 0 saturated carbocycles. The van der Waals surface area contributed by atoms with Gasteiger partial charge < -0.3 is 0 Å². The molecule has 1 atom stereocenters. The maximum atomic E-state index is 13.2. The molecular weight excluding hydrogens is 346 g/mol. The first-order valence-corrected chi connectivity index (χ1v) is 10.3. The Morgan fingerprint density at radius 3 is 2.54 bits per heavy atom. The Bertz CT molecular complexity index is 912. The highest BCUT2D eigenvalue weighted by Crippen LogP contribution is 2.35. The van der Waals surface area contributed by atoms with Crippen LogP contribution in [0.4, 0.5) is 0 Å². The second-order valence-electron chi connectivity index (χ2n) is 8.22. The van der Waals surface area contributed by atoms with Gasteiger partial charge in [-0.25, -0.2) is 5.01 Å². The van der Waals surface area contributed by atoms with Crippen molar-refractivity contribution in [1.29, 1.82) is 0 Å². The van der Waals surface area contributed by atoms with Crippen molar-refractivity contribution in [3.05, 3.63) is 70.3 Å². The zero-order chi connectivity index (χ0) is 19.7. The molecular formula is C24H29N3O. The van der Waals surface area contributed by atoms with Crippen molar-refractivity contribution in [2.24, 2.45) is 5.10 Å². The van der Waals surface area contributed by atoms with Gasteiger partial charge >= 0.3 is 0 Å². The molecule has 4 nitrogen and oxygen atoms in total. The molecule has 0 spiro atoms. The molecule has 1 amide bonds. The Morgan fingerprint density at radius 2 is 1.79 bits per heavy atom. The van der Waals surface area contributed by atoms with Crippen LogP contribution in [-0.4, -0.2) is 41.2 Å². The molecule has 2 aliphatic rings. The lowest BCUT2D eigenvalue weighted by molar-refractivity contribution is -0.134. The number of hydrogen-bond acceptors (Lipinski definition) is 3. The van der Waals surface area contributed by atoms with Gasteiger partial charge in [0.2, 0.25) is 0 Å². The van der Waals surface area contributed by atoms with E-state index in [-0.39, 0.29) is 11.9 Å². The maximum absolute atomic E-state index is 13.2. The smallest absolute Gasteiger partial charge is 0.257 e. The maximum Gasteiger partial charge on any atom is 0.257 e. The zero-order valence-corrected chi connectivity index (χ0v) is 17.1. The van der Waals surface area contributed by atoms with Gasteiger partial charge in [-0.3, -0.25) is 9.69 Å². The first-order chi connectivity index (χ1) is 13.5. The van der Waals surface area contributed by atoms with Crippen molar-refractivity contribution in [2.75, 3.05) is 19.6 Å². The first kappa shape index (κ1) is 18.9. The van der Waals surface area contributed by atoms with Gasteiger partial charge in [0.05, 0.1) is 18.3 Å². The summed E-state index contributed by atoms with van der Waals surface area (Å²) in [5, 5.41) is 6.61. The van der Waals surface area contributed by atoms with Gasteiger partial charge in [0, 0.05) is 6.42 Å². The molecule has 0 bridgehead atoms. The second kappa shape index (κ2) is 7.88. The molecule has 1 saturated heterocycles. The molecule has 4 rings (SSSR count). The van der Waals surface area contributed by atoms with Crippen molar-refractivity contribution in [1.82, 2.24) is 9.91 Å². The minimum absolute atomic E-state index is 0.0227. The monoisotopic (exact) mass is 375 g/mol. The second-order valence-corrected chi connectivity index (χ2v) is 8.22. The largest absolute Gasteiger partial charge is 0.294 e. The van der Waals surface area contributed by atoms with Gasteiger partial charge in [-0.05, 0) is 63.4 Å². The molecule has 4 heteroatoms. The minimum atomic E-state index is -0.0227. The highest BCUT2D eigenvalue weighted by Gasteiger charge is 2.34. The lowest BCUT2D eigenvalue weighted by Crippen LogP contribution is -2.37. The molecule has 0 N–H and O–H groups in total. The Morgan fingerprint density at radius 1 is 1.04 bits per heavy atom. The van der Waals surface area contributed by atoms with Crippen molar-refractivity contribution in [2.45, 2.75) is 46.1 Å². The third kappa shape index (κ3) is 3.88. The molecule has 0 aromatic heterocycles. The van der Waals surface area contributed by atoms with Crippen molar-refractivity contribution in [3.63, 3.8) is 0 Å². The van der Waals surface area contributed by atoms with Gasteiger partial charge in [-0.2, -0.15) is 5.10 Å². The normalized spacial score (nSPS) is 19.9. The first-order valence-electron chi connectivity index (χ1n) is 10.3. The molecule has 146 valence electrons. The van der Waals surface area contributed by atoms with E-state index in [9.17, 15) is 4.79 Å². The van der Waals surface area contributed by atoms with Crippen LogP contribution >= 0.6 is 0 Å². The predicted octanol–water partition coefficient (Wildman–Crippen LogP) is 4.39. The number of aryl methyl sites for hydroxylation is 3. The number of hydrazone groups is 1. The molecule has 2 heterocycles. The molecule has 28 heavy (non-hydrogen) atoms. The Labute approximate surface area is 167 Å². The summed E-state index contributed by atoms with van der Waals surface area (Å²) in [4.78, 5) is 15.5. The van der Waals surface area contributed by atoms with E-state index in [0.717, 1.165) is 30.8 Å². The molecule has 2 aromatic rings. The van der Waals surface area contributed by atoms with Crippen LogP contribution in [0.3, 0.4) is 0 Å². The van der Waals surface area contributed by atoms with Gasteiger partial charge in [0.15, 0.2) is 0 Å². The van der Waals surface area contributed by atoms with Crippen molar-refractivity contribution >= 4 is 11.6 Å². The van der Waals surface area contributed by atoms with Crippen molar-refractivity contribution < 1.29 is 4.79 Å². The summed E-state index contributed by atoms with van der Waals surface area (Å²) in [7, 11) is 0. The van der Waals surface area contributed by atoms with E-state index in [4.69, 9.17) is 5.10 Å². The van der Waals surface area contributed by atoms with Crippen LogP contribution in [0.5, 0.6) is 0 Å². The summed E-state index contributed by atoms with van der Waals surface area (Å²) in [5.74, 6) is 0.107. The van der Waals surface area contributed by atoms with Crippen LogP contribution in [0.15, 0.2) is 47.6 Å². The van der Waals surface area contributed by atoms with Gasteiger partial charge in [0.25, 0.3) is 5.91 Å². The Hall–Kier alpha value is -2.46. The average Bonchev–Trinajstić information content (AvgIpc) is 3.33. The van der Waals surface area contributed by atoms with E-state index in [0.29, 0.717) is 6.54 Å². The van der Waals surface area contributed by atoms with Crippen molar-refractivity contribution in [3.8, 4) is 0 Å². The molecule has 0 radical (unpaired) electrons. The number of amides is 1. The van der Waals surface area contributed by atoms with Gasteiger partial charge in [0.1, 0.15) is 0 Å². The predicted molar refractivity (Wildman–Crippen MR) is 114 cm³/mol. The number of benzene rings is 2. The molecule has 0 aliphatic carbocycles. The highest BCUT2D eigenvalue weighted by atomic mass is 16.2. The SMILES string of the molecule is Cc1cccc(C2=NN(C(=O)CN3CCCC3)C(c3cc(C)ccc3C)C2)c1. The standard InChI is InChI=1S/C24H29N3O/c1-17-7-6-8-20(13-17)22-15-23(21-14-18(2)9-10-19(21)3)27(25-22)24(28)16-26-11-4-5-12-26/h6-10,13-14,23H,4-5,11-12,15-16H2,1-3H3. The fraction of sp³-hybridized carbons (Fsp3) is 0.417. The average molecular weight is 376 g/mol. The topological polar surface area (TPSA) is 35.9 Å². The third-order valence-electron chi connectivity index (χ3n) is 5.87. The number of carbonyl (C=O) groups is 1. The summed E-state index contributed by atoms with van der Waals surface area (Å²) in [6.45, 7) is 8.83. The third-order valence-corrected chi connectivity index (χ3v) is 5.87. The number of carbonyl (C=O) groups excluding carboxylic acids is 1.